The predicted molar refractivity (Wildman–Crippen MR) is 73.1 cm³/mol. The van der Waals surface area contributed by atoms with E-state index >= 15 is 0 Å². The molecule has 0 bridgehead atoms. The fraction of sp³-hybridized carbons (Fsp3) is 0.929. The number of nitrogens with one attached hydrogen (secondary N) is 1. The summed E-state index contributed by atoms with van der Waals surface area (Å²) in [5, 5.41) is 3.12. The largest absolute Gasteiger partial charge is 0.468 e. The summed E-state index contributed by atoms with van der Waals surface area (Å²) < 4.78 is 16.1. The summed E-state index contributed by atoms with van der Waals surface area (Å²) in [5.41, 5.74) is -0.581. The molecule has 5 heteroatoms. The number of hydrogen-bond donors (Lipinski definition) is 1. The van der Waals surface area contributed by atoms with Gasteiger partial charge in [-0.2, -0.15) is 0 Å². The van der Waals surface area contributed by atoms with Crippen LogP contribution < -0.4 is 5.32 Å². The number of carbonyl (C=O) groups is 1. The summed E-state index contributed by atoms with van der Waals surface area (Å²) >= 11 is 0. The van der Waals surface area contributed by atoms with Gasteiger partial charge in [0.1, 0.15) is 5.54 Å². The maximum absolute atomic E-state index is 11.9. The Bertz CT molecular complexity index is 272. The number of rotatable bonds is 8. The lowest BCUT2D eigenvalue weighted by Crippen LogP contribution is -2.55. The maximum Gasteiger partial charge on any atom is 0.326 e. The molecular weight excluding hydrogens is 246 g/mol. The third-order valence-corrected chi connectivity index (χ3v) is 3.69. The zero-order chi connectivity index (χ0) is 14.1. The van der Waals surface area contributed by atoms with E-state index < -0.39 is 5.54 Å². The summed E-state index contributed by atoms with van der Waals surface area (Å²) in [4.78, 5) is 11.9. The van der Waals surface area contributed by atoms with E-state index in [1.807, 2.05) is 7.05 Å². The topological polar surface area (TPSA) is 56.8 Å². The third-order valence-electron chi connectivity index (χ3n) is 3.69. The zero-order valence-electron chi connectivity index (χ0n) is 12.4. The molecule has 1 N–H and O–H groups in total. The van der Waals surface area contributed by atoms with Crippen molar-refractivity contribution in [3.63, 3.8) is 0 Å². The first-order chi connectivity index (χ1) is 9.18. The number of ether oxygens (including phenoxy) is 3. The first kappa shape index (κ1) is 16.4. The normalized spacial score (nSPS) is 27.2. The SMILES string of the molecule is CCCOCCOC1CCCC(NC)(C(=O)OC)C1. The van der Waals surface area contributed by atoms with Crippen LogP contribution >= 0.6 is 0 Å². The molecule has 5 nitrogen and oxygen atoms in total. The van der Waals surface area contributed by atoms with Crippen LogP contribution in [0.25, 0.3) is 0 Å². The average Bonchev–Trinajstić information content (AvgIpc) is 2.46. The monoisotopic (exact) mass is 273 g/mol. The van der Waals surface area contributed by atoms with Gasteiger partial charge in [0, 0.05) is 13.0 Å². The second kappa shape index (κ2) is 8.51. The van der Waals surface area contributed by atoms with Crippen LogP contribution in [-0.2, 0) is 19.0 Å². The van der Waals surface area contributed by atoms with Crippen LogP contribution in [0, 0.1) is 0 Å². The van der Waals surface area contributed by atoms with Crippen molar-refractivity contribution < 1.29 is 19.0 Å². The predicted octanol–water partition coefficient (Wildman–Crippen LogP) is 1.50. The lowest BCUT2D eigenvalue weighted by Gasteiger charge is -2.38. The molecular formula is C14H27NO4. The van der Waals surface area contributed by atoms with Crippen molar-refractivity contribution in [2.24, 2.45) is 0 Å². The molecule has 0 heterocycles. The molecule has 1 fully saturated rings. The van der Waals surface area contributed by atoms with Gasteiger partial charge in [0.2, 0.25) is 0 Å². The van der Waals surface area contributed by atoms with Gasteiger partial charge in [-0.15, -0.1) is 0 Å². The molecule has 1 rings (SSSR count). The van der Waals surface area contributed by atoms with Gasteiger partial charge < -0.3 is 19.5 Å². The fourth-order valence-corrected chi connectivity index (χ4v) is 2.60. The molecule has 1 aliphatic rings. The Balaban J connectivity index is 2.38. The summed E-state index contributed by atoms with van der Waals surface area (Å²) in [5.74, 6) is -0.189. The Kier molecular flexibility index (Phi) is 7.34. The lowest BCUT2D eigenvalue weighted by atomic mass is 9.80. The molecule has 2 unspecified atom stereocenters. The minimum absolute atomic E-state index is 0.102. The van der Waals surface area contributed by atoms with Crippen molar-refractivity contribution in [3.05, 3.63) is 0 Å². The summed E-state index contributed by atoms with van der Waals surface area (Å²) in [6.45, 7) is 4.07. The van der Waals surface area contributed by atoms with Crippen LogP contribution in [0.1, 0.15) is 39.0 Å². The van der Waals surface area contributed by atoms with Crippen molar-refractivity contribution in [2.75, 3.05) is 34.0 Å². The first-order valence-electron chi connectivity index (χ1n) is 7.15. The van der Waals surface area contributed by atoms with Gasteiger partial charge in [-0.1, -0.05) is 6.92 Å². The van der Waals surface area contributed by atoms with Gasteiger partial charge in [0.15, 0.2) is 0 Å². The quantitative estimate of drug-likeness (QED) is 0.536. The van der Waals surface area contributed by atoms with Gasteiger partial charge in [-0.05, 0) is 32.7 Å². The highest BCUT2D eigenvalue weighted by molar-refractivity contribution is 5.80. The van der Waals surface area contributed by atoms with Gasteiger partial charge in [0.25, 0.3) is 0 Å². The summed E-state index contributed by atoms with van der Waals surface area (Å²) in [6.07, 6.45) is 4.57. The van der Waals surface area contributed by atoms with E-state index in [4.69, 9.17) is 14.2 Å². The molecule has 0 amide bonds. The zero-order valence-corrected chi connectivity index (χ0v) is 12.4. The summed E-state index contributed by atoms with van der Waals surface area (Å²) in [6, 6.07) is 0. The highest BCUT2D eigenvalue weighted by Gasteiger charge is 2.42. The van der Waals surface area contributed by atoms with Crippen molar-refractivity contribution in [3.8, 4) is 0 Å². The highest BCUT2D eigenvalue weighted by Crippen LogP contribution is 2.31. The van der Waals surface area contributed by atoms with Crippen LogP contribution in [0.5, 0.6) is 0 Å². The van der Waals surface area contributed by atoms with Crippen LogP contribution in [-0.4, -0.2) is 51.6 Å². The molecule has 0 radical (unpaired) electrons. The van der Waals surface area contributed by atoms with E-state index in [1.165, 1.54) is 7.11 Å². The van der Waals surface area contributed by atoms with Crippen molar-refractivity contribution in [2.45, 2.75) is 50.7 Å². The Labute approximate surface area is 116 Å². The van der Waals surface area contributed by atoms with Crippen LogP contribution in [0.2, 0.25) is 0 Å². The van der Waals surface area contributed by atoms with E-state index in [1.54, 1.807) is 0 Å². The van der Waals surface area contributed by atoms with E-state index in [-0.39, 0.29) is 12.1 Å². The van der Waals surface area contributed by atoms with Gasteiger partial charge in [-0.25, -0.2) is 0 Å². The molecule has 0 saturated heterocycles. The number of likely N-dealkylation sites (N-methyl/N-ethyl adjacent to an activating group) is 1. The van der Waals surface area contributed by atoms with Crippen molar-refractivity contribution in [1.29, 1.82) is 0 Å². The molecule has 0 aromatic rings. The molecule has 0 aromatic carbocycles. The fourth-order valence-electron chi connectivity index (χ4n) is 2.60. The van der Waals surface area contributed by atoms with Gasteiger partial charge >= 0.3 is 5.97 Å². The maximum atomic E-state index is 11.9. The molecule has 2 atom stereocenters. The standard InChI is InChI=1S/C14H27NO4/c1-4-8-18-9-10-19-12-6-5-7-14(11-12,15-2)13(16)17-3/h12,15H,4-11H2,1-3H3. The Morgan fingerprint density at radius 3 is 2.79 bits per heavy atom. The van der Waals surface area contributed by atoms with Crippen molar-refractivity contribution in [1.82, 2.24) is 5.32 Å². The molecule has 0 spiro atoms. The first-order valence-corrected chi connectivity index (χ1v) is 7.15. The number of methoxy groups -OCH3 is 1. The Morgan fingerprint density at radius 2 is 2.16 bits per heavy atom. The molecule has 112 valence electrons. The molecule has 0 aliphatic heterocycles. The smallest absolute Gasteiger partial charge is 0.326 e. The highest BCUT2D eigenvalue weighted by atomic mass is 16.5. The minimum atomic E-state index is -0.581. The number of hydrogen-bond acceptors (Lipinski definition) is 5. The van der Waals surface area contributed by atoms with Crippen molar-refractivity contribution >= 4 is 5.97 Å². The second-order valence-electron chi connectivity index (χ2n) is 5.03. The second-order valence-corrected chi connectivity index (χ2v) is 5.03. The number of esters is 1. The molecule has 1 saturated carbocycles. The van der Waals surface area contributed by atoms with Crippen LogP contribution in [0.15, 0.2) is 0 Å². The Morgan fingerprint density at radius 1 is 1.37 bits per heavy atom. The van der Waals surface area contributed by atoms with Crippen LogP contribution in [0.4, 0.5) is 0 Å². The van der Waals surface area contributed by atoms with E-state index in [0.29, 0.717) is 19.6 Å². The van der Waals surface area contributed by atoms with E-state index in [0.717, 1.165) is 32.3 Å². The van der Waals surface area contributed by atoms with Gasteiger partial charge in [-0.3, -0.25) is 4.79 Å². The third kappa shape index (κ3) is 4.75. The van der Waals surface area contributed by atoms with Gasteiger partial charge in [0.05, 0.1) is 26.4 Å². The number of carbonyl (C=O) groups excluding carboxylic acids is 1. The van der Waals surface area contributed by atoms with E-state index in [9.17, 15) is 4.79 Å². The van der Waals surface area contributed by atoms with Crippen LogP contribution in [0.3, 0.4) is 0 Å². The average molecular weight is 273 g/mol. The Hall–Kier alpha value is -0.650. The molecule has 0 aromatic heterocycles. The molecule has 1 aliphatic carbocycles. The van der Waals surface area contributed by atoms with E-state index in [2.05, 4.69) is 12.2 Å². The molecule has 19 heavy (non-hydrogen) atoms. The summed E-state index contributed by atoms with van der Waals surface area (Å²) in [7, 11) is 3.24. The lowest BCUT2D eigenvalue weighted by molar-refractivity contribution is -0.152. The minimum Gasteiger partial charge on any atom is -0.468 e.